The average Bonchev–Trinajstić information content (AvgIpc) is 2.41. The molecule has 0 amide bonds. The highest BCUT2D eigenvalue weighted by Crippen LogP contribution is 2.10. The van der Waals surface area contributed by atoms with Crippen LogP contribution in [0.5, 0.6) is 0 Å². The van der Waals surface area contributed by atoms with Crippen molar-refractivity contribution in [1.29, 1.82) is 0 Å². The smallest absolute Gasteiger partial charge is 0.141 e. The molecule has 0 bridgehead atoms. The molecule has 0 aliphatic carbocycles. The van der Waals surface area contributed by atoms with Gasteiger partial charge in [0.25, 0.3) is 0 Å². The predicted molar refractivity (Wildman–Crippen MR) is 55.1 cm³/mol. The number of hydrogen-bond acceptors (Lipinski definition) is 1. The van der Waals surface area contributed by atoms with Gasteiger partial charge in [0.05, 0.1) is 6.10 Å². The topological polar surface area (TPSA) is 25.2 Å². The van der Waals surface area contributed by atoms with E-state index in [4.69, 9.17) is 11.6 Å². The third kappa shape index (κ3) is 3.31. The van der Waals surface area contributed by atoms with Crippen molar-refractivity contribution < 1.29 is 9.50 Å². The van der Waals surface area contributed by atoms with E-state index in [9.17, 15) is 9.50 Å². The fourth-order valence-corrected chi connectivity index (χ4v) is 1.55. The minimum absolute atomic E-state index is 0.254. The fraction of sp³-hybridized carbons (Fsp3) is 0.600. The second-order valence-electron chi connectivity index (χ2n) is 3.44. The first kappa shape index (κ1) is 11.5. The summed E-state index contributed by atoms with van der Waals surface area (Å²) < 4.78 is 14.7. The molecule has 0 aromatic carbocycles. The largest absolute Gasteiger partial charge is 0.393 e. The second-order valence-corrected chi connectivity index (χ2v) is 3.82. The number of nitrogens with zero attached hydrogens (tertiary/aromatic N) is 1. The third-order valence-corrected chi connectivity index (χ3v) is 2.26. The lowest BCUT2D eigenvalue weighted by molar-refractivity contribution is 0.193. The molecule has 1 N–H and O–H groups in total. The van der Waals surface area contributed by atoms with Crippen LogP contribution < -0.4 is 0 Å². The summed E-state index contributed by atoms with van der Waals surface area (Å²) in [5.74, 6) is 0.309. The Kier molecular flexibility index (Phi) is 4.42. The van der Waals surface area contributed by atoms with Gasteiger partial charge in [0, 0.05) is 30.7 Å². The quantitative estimate of drug-likeness (QED) is 0.755. The zero-order chi connectivity index (χ0) is 10.6. The third-order valence-electron chi connectivity index (χ3n) is 1.99. The Morgan fingerprint density at radius 3 is 2.93 bits per heavy atom. The van der Waals surface area contributed by atoms with Gasteiger partial charge in [-0.1, -0.05) is 0 Å². The maximum Gasteiger partial charge on any atom is 0.141 e. The van der Waals surface area contributed by atoms with Crippen LogP contribution in [0.2, 0.25) is 0 Å². The van der Waals surface area contributed by atoms with Crippen LogP contribution in [-0.4, -0.2) is 21.7 Å². The number of hydrogen-bond donors (Lipinski definition) is 1. The van der Waals surface area contributed by atoms with Gasteiger partial charge < -0.3 is 9.67 Å². The van der Waals surface area contributed by atoms with Crippen LogP contribution in [0.15, 0.2) is 12.3 Å². The normalized spacial score (nSPS) is 13.1. The molecule has 0 radical (unpaired) electrons. The number of aryl methyl sites for hydroxylation is 1. The van der Waals surface area contributed by atoms with Crippen molar-refractivity contribution in [1.82, 2.24) is 4.57 Å². The zero-order valence-electron chi connectivity index (χ0n) is 8.21. The van der Waals surface area contributed by atoms with E-state index in [1.807, 2.05) is 4.57 Å². The number of aliphatic hydroxyl groups excluding tert-OH is 1. The van der Waals surface area contributed by atoms with Crippen LogP contribution in [0, 0.1) is 5.82 Å². The van der Waals surface area contributed by atoms with Crippen LogP contribution >= 0.6 is 11.6 Å². The van der Waals surface area contributed by atoms with Gasteiger partial charge in [-0.3, -0.25) is 0 Å². The molecule has 0 fully saturated rings. The van der Waals surface area contributed by atoms with Gasteiger partial charge in [-0.25, -0.2) is 4.39 Å². The fourth-order valence-electron chi connectivity index (χ4n) is 1.43. The van der Waals surface area contributed by atoms with Crippen molar-refractivity contribution in [2.24, 2.45) is 0 Å². The molecule has 2 nitrogen and oxygen atoms in total. The Hall–Kier alpha value is -0.540. The molecule has 0 aliphatic rings. The molecule has 0 aliphatic heterocycles. The molecule has 0 saturated heterocycles. The summed E-state index contributed by atoms with van der Waals surface area (Å²) in [5.41, 5.74) is 0.822. The molecule has 80 valence electrons. The summed E-state index contributed by atoms with van der Waals surface area (Å²) in [6, 6.07) is 1.46. The van der Waals surface area contributed by atoms with E-state index in [2.05, 4.69) is 0 Å². The number of alkyl halides is 1. The van der Waals surface area contributed by atoms with Crippen molar-refractivity contribution in [3.8, 4) is 0 Å². The van der Waals surface area contributed by atoms with Crippen LogP contribution in [0.1, 0.15) is 19.0 Å². The molecule has 0 saturated carbocycles. The van der Waals surface area contributed by atoms with Crippen LogP contribution in [0.25, 0.3) is 0 Å². The monoisotopic (exact) mass is 219 g/mol. The molecule has 1 unspecified atom stereocenters. The lowest BCUT2D eigenvalue weighted by Crippen LogP contribution is -2.10. The van der Waals surface area contributed by atoms with E-state index in [1.54, 1.807) is 6.92 Å². The number of aromatic nitrogens is 1. The molecule has 1 atom stereocenters. The molecule has 1 rings (SSSR count). The van der Waals surface area contributed by atoms with Gasteiger partial charge in [0.15, 0.2) is 0 Å². The zero-order valence-corrected chi connectivity index (χ0v) is 8.97. The van der Waals surface area contributed by atoms with Gasteiger partial charge in [0.2, 0.25) is 0 Å². The van der Waals surface area contributed by atoms with Gasteiger partial charge in [0.1, 0.15) is 5.82 Å². The SMILES string of the molecule is CC(O)Cc1cc(F)cn1CCCCl. The van der Waals surface area contributed by atoms with Crippen molar-refractivity contribution in [3.05, 3.63) is 23.8 Å². The van der Waals surface area contributed by atoms with E-state index in [-0.39, 0.29) is 5.82 Å². The minimum atomic E-state index is -0.445. The number of halogens is 2. The van der Waals surface area contributed by atoms with Crippen molar-refractivity contribution in [2.75, 3.05) is 5.88 Å². The van der Waals surface area contributed by atoms with Gasteiger partial charge >= 0.3 is 0 Å². The van der Waals surface area contributed by atoms with E-state index < -0.39 is 6.10 Å². The molecule has 1 heterocycles. The lowest BCUT2D eigenvalue weighted by Gasteiger charge is -2.09. The first-order chi connectivity index (χ1) is 6.63. The molecular weight excluding hydrogens is 205 g/mol. The molecule has 1 aromatic heterocycles. The summed E-state index contributed by atoms with van der Waals surface area (Å²) in [6.07, 6.45) is 2.29. The molecule has 4 heteroatoms. The van der Waals surface area contributed by atoms with E-state index >= 15 is 0 Å². The van der Waals surface area contributed by atoms with Gasteiger partial charge in [-0.15, -0.1) is 11.6 Å². The van der Waals surface area contributed by atoms with Crippen molar-refractivity contribution in [3.63, 3.8) is 0 Å². The second kappa shape index (κ2) is 5.37. The summed E-state index contributed by atoms with van der Waals surface area (Å²) >= 11 is 5.56. The maximum atomic E-state index is 12.9. The Bertz CT molecular complexity index is 286. The van der Waals surface area contributed by atoms with Gasteiger partial charge in [-0.2, -0.15) is 0 Å². The summed E-state index contributed by atoms with van der Waals surface area (Å²) in [6.45, 7) is 2.40. The molecule has 0 spiro atoms. The first-order valence-electron chi connectivity index (χ1n) is 4.72. The molecular formula is C10H15ClFNO. The summed E-state index contributed by atoms with van der Waals surface area (Å²) in [7, 11) is 0. The Labute approximate surface area is 88.3 Å². The van der Waals surface area contributed by atoms with Crippen LogP contribution in [0.3, 0.4) is 0 Å². The summed E-state index contributed by atoms with van der Waals surface area (Å²) in [4.78, 5) is 0. The van der Waals surface area contributed by atoms with E-state index in [1.165, 1.54) is 12.3 Å². The predicted octanol–water partition coefficient (Wildman–Crippen LogP) is 2.18. The minimum Gasteiger partial charge on any atom is -0.393 e. The van der Waals surface area contributed by atoms with Crippen molar-refractivity contribution in [2.45, 2.75) is 32.4 Å². The highest BCUT2D eigenvalue weighted by atomic mass is 35.5. The van der Waals surface area contributed by atoms with Gasteiger partial charge in [-0.05, 0) is 19.4 Å². The van der Waals surface area contributed by atoms with E-state index in [0.717, 1.165) is 12.1 Å². The Morgan fingerprint density at radius 2 is 2.36 bits per heavy atom. The number of rotatable bonds is 5. The van der Waals surface area contributed by atoms with E-state index in [0.29, 0.717) is 18.8 Å². The Balaban J connectivity index is 2.69. The standard InChI is InChI=1S/C10H15ClFNO/c1-8(14)5-10-6-9(12)7-13(10)4-2-3-11/h6-8,14H,2-5H2,1H3. The maximum absolute atomic E-state index is 12.9. The highest BCUT2D eigenvalue weighted by molar-refractivity contribution is 6.17. The average molecular weight is 220 g/mol. The Morgan fingerprint density at radius 1 is 1.64 bits per heavy atom. The van der Waals surface area contributed by atoms with Crippen molar-refractivity contribution >= 4 is 11.6 Å². The first-order valence-corrected chi connectivity index (χ1v) is 5.25. The molecule has 1 aromatic rings. The molecule has 14 heavy (non-hydrogen) atoms. The van der Waals surface area contributed by atoms with Crippen LogP contribution in [0.4, 0.5) is 4.39 Å². The lowest BCUT2D eigenvalue weighted by atomic mass is 10.2. The van der Waals surface area contributed by atoms with Crippen LogP contribution in [-0.2, 0) is 13.0 Å². The highest BCUT2D eigenvalue weighted by Gasteiger charge is 2.07. The summed E-state index contributed by atoms with van der Waals surface area (Å²) in [5, 5.41) is 9.20. The number of aliphatic hydroxyl groups is 1.